The van der Waals surface area contributed by atoms with Crippen LogP contribution in [0.3, 0.4) is 0 Å². The SMILES string of the molecule is CCOC(=O)c1sc(N(Cc2ccccc2)C(=O)CSc2nc3ccccc3o2)nc1C. The molecule has 4 aromatic rings. The van der Waals surface area contributed by atoms with Crippen molar-refractivity contribution in [1.82, 2.24) is 9.97 Å². The summed E-state index contributed by atoms with van der Waals surface area (Å²) in [5.74, 6) is -0.473. The van der Waals surface area contributed by atoms with Crippen LogP contribution in [0.2, 0.25) is 0 Å². The Bertz CT molecular complexity index is 1200. The molecule has 0 aliphatic heterocycles. The van der Waals surface area contributed by atoms with Gasteiger partial charge in [-0.1, -0.05) is 65.6 Å². The van der Waals surface area contributed by atoms with Crippen LogP contribution in [0.4, 0.5) is 5.13 Å². The van der Waals surface area contributed by atoms with Crippen LogP contribution < -0.4 is 4.90 Å². The van der Waals surface area contributed by atoms with Crippen LogP contribution in [-0.4, -0.2) is 34.2 Å². The summed E-state index contributed by atoms with van der Waals surface area (Å²) in [5.41, 5.74) is 2.93. The molecular formula is C23H21N3O4S2. The lowest BCUT2D eigenvalue weighted by Crippen LogP contribution is -2.31. The van der Waals surface area contributed by atoms with E-state index in [2.05, 4.69) is 9.97 Å². The lowest BCUT2D eigenvalue weighted by molar-refractivity contribution is -0.116. The summed E-state index contributed by atoms with van der Waals surface area (Å²) in [6.45, 7) is 4.11. The van der Waals surface area contributed by atoms with Gasteiger partial charge < -0.3 is 9.15 Å². The molecule has 0 spiro atoms. The summed E-state index contributed by atoms with van der Waals surface area (Å²) in [6, 6.07) is 17.1. The Balaban J connectivity index is 1.56. The first-order chi connectivity index (χ1) is 15.5. The molecule has 0 unspecified atom stereocenters. The molecule has 9 heteroatoms. The van der Waals surface area contributed by atoms with Gasteiger partial charge in [0, 0.05) is 0 Å². The lowest BCUT2D eigenvalue weighted by atomic mass is 10.2. The first-order valence-corrected chi connectivity index (χ1v) is 11.8. The predicted octanol–water partition coefficient (Wildman–Crippen LogP) is 5.09. The highest BCUT2D eigenvalue weighted by molar-refractivity contribution is 7.99. The van der Waals surface area contributed by atoms with Crippen LogP contribution in [-0.2, 0) is 16.1 Å². The molecular weight excluding hydrogens is 446 g/mol. The standard InChI is InChI=1S/C23H21N3O4S2/c1-3-29-21(28)20-15(2)24-22(32-20)26(13-16-9-5-4-6-10-16)19(27)14-31-23-25-17-11-7-8-12-18(17)30-23/h4-12H,3,13-14H2,1-2H3. The smallest absolute Gasteiger partial charge is 0.350 e. The van der Waals surface area contributed by atoms with Crippen LogP contribution in [0.15, 0.2) is 64.2 Å². The van der Waals surface area contributed by atoms with Gasteiger partial charge in [-0.05, 0) is 31.5 Å². The molecule has 32 heavy (non-hydrogen) atoms. The van der Waals surface area contributed by atoms with E-state index in [0.717, 1.165) is 22.4 Å². The maximum Gasteiger partial charge on any atom is 0.350 e. The number of fused-ring (bicyclic) bond motifs is 1. The number of hydrogen-bond donors (Lipinski definition) is 0. The number of esters is 1. The van der Waals surface area contributed by atoms with E-state index in [1.165, 1.54) is 11.8 Å². The molecule has 0 saturated heterocycles. The van der Waals surface area contributed by atoms with Gasteiger partial charge in [0.05, 0.1) is 24.6 Å². The average molecular weight is 468 g/mol. The Morgan fingerprint density at radius 2 is 1.84 bits per heavy atom. The fraction of sp³-hybridized carbons (Fsp3) is 0.217. The number of hydrogen-bond acceptors (Lipinski definition) is 8. The van der Waals surface area contributed by atoms with E-state index in [1.807, 2.05) is 54.6 Å². The number of carbonyl (C=O) groups excluding carboxylic acids is 2. The Hall–Kier alpha value is -3.17. The van der Waals surface area contributed by atoms with Gasteiger partial charge >= 0.3 is 5.97 Å². The van der Waals surface area contributed by atoms with Gasteiger partial charge in [-0.2, -0.15) is 0 Å². The molecule has 0 aliphatic carbocycles. The topological polar surface area (TPSA) is 85.5 Å². The van der Waals surface area contributed by atoms with Crippen molar-refractivity contribution in [2.45, 2.75) is 25.6 Å². The predicted molar refractivity (Wildman–Crippen MR) is 125 cm³/mol. The number of anilines is 1. The van der Waals surface area contributed by atoms with Crippen molar-refractivity contribution in [3.05, 3.63) is 70.7 Å². The number of amides is 1. The summed E-state index contributed by atoms with van der Waals surface area (Å²) in [5, 5.41) is 0.888. The number of benzene rings is 2. The van der Waals surface area contributed by atoms with Gasteiger partial charge in [0.25, 0.3) is 5.22 Å². The first-order valence-electron chi connectivity index (χ1n) is 10.0. The number of nitrogens with zero attached hydrogens (tertiary/aromatic N) is 3. The van der Waals surface area contributed by atoms with Gasteiger partial charge in [-0.25, -0.2) is 14.8 Å². The van der Waals surface area contributed by atoms with E-state index >= 15 is 0 Å². The molecule has 0 N–H and O–H groups in total. The quantitative estimate of drug-likeness (QED) is 0.263. The first kappa shape index (κ1) is 22.0. The summed E-state index contributed by atoms with van der Waals surface area (Å²) in [4.78, 5) is 36.4. The third-order valence-electron chi connectivity index (χ3n) is 4.55. The van der Waals surface area contributed by atoms with Gasteiger partial charge in [-0.15, -0.1) is 0 Å². The number of oxazole rings is 1. The number of aromatic nitrogens is 2. The summed E-state index contributed by atoms with van der Waals surface area (Å²) in [7, 11) is 0. The molecule has 0 saturated carbocycles. The van der Waals surface area contributed by atoms with Crippen LogP contribution in [0, 0.1) is 6.92 Å². The van der Waals surface area contributed by atoms with E-state index in [0.29, 0.717) is 33.1 Å². The van der Waals surface area contributed by atoms with E-state index in [4.69, 9.17) is 9.15 Å². The molecule has 0 atom stereocenters. The summed E-state index contributed by atoms with van der Waals surface area (Å²) in [6.07, 6.45) is 0. The zero-order valence-corrected chi connectivity index (χ0v) is 19.2. The molecule has 0 aliphatic rings. The number of aryl methyl sites for hydroxylation is 1. The number of thiazole rings is 1. The van der Waals surface area contributed by atoms with Crippen molar-refractivity contribution in [3.63, 3.8) is 0 Å². The van der Waals surface area contributed by atoms with Gasteiger partial charge in [0.15, 0.2) is 10.7 Å². The van der Waals surface area contributed by atoms with Gasteiger partial charge in [0.2, 0.25) is 5.91 Å². The fourth-order valence-corrected chi connectivity index (χ4v) is 4.72. The van der Waals surface area contributed by atoms with Crippen LogP contribution in [0.1, 0.15) is 27.9 Å². The molecule has 1 amide bonds. The third-order valence-corrected chi connectivity index (χ3v) is 6.53. The minimum Gasteiger partial charge on any atom is -0.462 e. The van der Waals surface area contributed by atoms with Crippen molar-refractivity contribution in [2.75, 3.05) is 17.3 Å². The third kappa shape index (κ3) is 5.00. The Kier molecular flexibility index (Phi) is 6.87. The van der Waals surface area contributed by atoms with Crippen molar-refractivity contribution >= 4 is 51.2 Å². The Labute approximate surface area is 193 Å². The van der Waals surface area contributed by atoms with Crippen molar-refractivity contribution in [3.8, 4) is 0 Å². The number of carbonyl (C=O) groups is 2. The Morgan fingerprint density at radius 3 is 2.59 bits per heavy atom. The minimum absolute atomic E-state index is 0.118. The highest BCUT2D eigenvalue weighted by Gasteiger charge is 2.24. The highest BCUT2D eigenvalue weighted by atomic mass is 32.2. The van der Waals surface area contributed by atoms with Crippen molar-refractivity contribution < 1.29 is 18.7 Å². The summed E-state index contributed by atoms with van der Waals surface area (Å²) < 4.78 is 10.8. The molecule has 7 nitrogen and oxygen atoms in total. The zero-order chi connectivity index (χ0) is 22.5. The van der Waals surface area contributed by atoms with Crippen molar-refractivity contribution in [2.24, 2.45) is 0 Å². The molecule has 4 rings (SSSR count). The second kappa shape index (κ2) is 9.97. The van der Waals surface area contributed by atoms with Crippen LogP contribution >= 0.6 is 23.1 Å². The van der Waals surface area contributed by atoms with E-state index in [-0.39, 0.29) is 18.3 Å². The number of para-hydroxylation sites is 2. The van der Waals surface area contributed by atoms with Crippen LogP contribution in [0.5, 0.6) is 0 Å². The maximum atomic E-state index is 13.2. The molecule has 2 aromatic heterocycles. The molecule has 0 bridgehead atoms. The van der Waals surface area contributed by atoms with Crippen LogP contribution in [0.25, 0.3) is 11.1 Å². The lowest BCUT2D eigenvalue weighted by Gasteiger charge is -2.19. The van der Waals surface area contributed by atoms with Gasteiger partial charge in [-0.3, -0.25) is 9.69 Å². The maximum absolute atomic E-state index is 13.2. The van der Waals surface area contributed by atoms with E-state index in [1.54, 1.807) is 18.7 Å². The second-order valence-corrected chi connectivity index (χ2v) is 8.74. The van der Waals surface area contributed by atoms with Gasteiger partial charge in [0.1, 0.15) is 10.4 Å². The molecule has 0 radical (unpaired) electrons. The summed E-state index contributed by atoms with van der Waals surface area (Å²) >= 11 is 2.39. The normalized spacial score (nSPS) is 10.9. The van der Waals surface area contributed by atoms with E-state index < -0.39 is 5.97 Å². The van der Waals surface area contributed by atoms with E-state index in [9.17, 15) is 9.59 Å². The van der Waals surface area contributed by atoms with Crippen molar-refractivity contribution in [1.29, 1.82) is 0 Å². The second-order valence-electron chi connectivity index (χ2n) is 6.83. The number of thioether (sulfide) groups is 1. The molecule has 164 valence electrons. The molecule has 2 heterocycles. The molecule has 0 fully saturated rings. The average Bonchev–Trinajstić information content (AvgIpc) is 3.39. The zero-order valence-electron chi connectivity index (χ0n) is 17.6. The molecule has 2 aromatic carbocycles. The Morgan fingerprint density at radius 1 is 1.09 bits per heavy atom. The number of rotatable bonds is 8. The fourth-order valence-electron chi connectivity index (χ4n) is 3.03. The highest BCUT2D eigenvalue weighted by Crippen LogP contribution is 2.30. The number of ether oxygens (including phenoxy) is 1. The minimum atomic E-state index is -0.429. The largest absolute Gasteiger partial charge is 0.462 e. The monoisotopic (exact) mass is 467 g/mol.